The summed E-state index contributed by atoms with van der Waals surface area (Å²) in [4.78, 5) is 3.74. The Labute approximate surface area is 86.6 Å². The molecule has 0 atom stereocenters. The summed E-state index contributed by atoms with van der Waals surface area (Å²) >= 11 is 0. The van der Waals surface area contributed by atoms with Crippen molar-refractivity contribution in [3.8, 4) is 18.1 Å². The second kappa shape index (κ2) is 5.11. The first kappa shape index (κ1) is 11.2. The standard InChI is InChI=1S/C11H9F2NO/c1-3-5-15-10-7-8(12)6-9(13)11(10)14-4-2/h1,4,6-7H,5H2,2H3. The predicted molar refractivity (Wildman–Crippen MR) is 54.5 cm³/mol. The van der Waals surface area contributed by atoms with Gasteiger partial charge in [0.1, 0.15) is 18.1 Å². The van der Waals surface area contributed by atoms with Crippen LogP contribution in [0.3, 0.4) is 0 Å². The summed E-state index contributed by atoms with van der Waals surface area (Å²) in [6, 6.07) is 1.79. The highest BCUT2D eigenvalue weighted by molar-refractivity contribution is 5.65. The van der Waals surface area contributed by atoms with E-state index >= 15 is 0 Å². The van der Waals surface area contributed by atoms with Crippen LogP contribution < -0.4 is 4.74 Å². The van der Waals surface area contributed by atoms with Crippen molar-refractivity contribution in [1.29, 1.82) is 0 Å². The Bertz CT molecular complexity index is 421. The van der Waals surface area contributed by atoms with Crippen molar-refractivity contribution in [2.75, 3.05) is 6.61 Å². The molecule has 2 nitrogen and oxygen atoms in total. The molecular weight excluding hydrogens is 200 g/mol. The number of nitrogens with zero attached hydrogens (tertiary/aromatic N) is 1. The van der Waals surface area contributed by atoms with Crippen molar-refractivity contribution < 1.29 is 13.5 Å². The smallest absolute Gasteiger partial charge is 0.155 e. The molecule has 0 spiro atoms. The first-order chi connectivity index (χ1) is 7.19. The monoisotopic (exact) mass is 209 g/mol. The fourth-order valence-electron chi connectivity index (χ4n) is 1.03. The average Bonchev–Trinajstić information content (AvgIpc) is 2.19. The Morgan fingerprint density at radius 2 is 2.27 bits per heavy atom. The number of ether oxygens (including phenoxy) is 1. The summed E-state index contributed by atoms with van der Waals surface area (Å²) in [5.41, 5.74) is -0.0471. The normalized spacial score (nSPS) is 10.3. The van der Waals surface area contributed by atoms with Gasteiger partial charge >= 0.3 is 0 Å². The molecule has 0 aromatic heterocycles. The Kier molecular flexibility index (Phi) is 3.81. The highest BCUT2D eigenvalue weighted by Gasteiger charge is 2.10. The molecule has 0 fully saturated rings. The zero-order valence-corrected chi connectivity index (χ0v) is 8.13. The number of benzene rings is 1. The summed E-state index contributed by atoms with van der Waals surface area (Å²) in [6.07, 6.45) is 6.36. The molecular formula is C11H9F2NO. The van der Waals surface area contributed by atoms with Gasteiger partial charge < -0.3 is 4.74 Å². The molecule has 0 bridgehead atoms. The minimum absolute atomic E-state index is 0.00329. The van der Waals surface area contributed by atoms with Gasteiger partial charge in [-0.25, -0.2) is 8.78 Å². The van der Waals surface area contributed by atoms with E-state index in [1.165, 1.54) is 6.21 Å². The van der Waals surface area contributed by atoms with Crippen molar-refractivity contribution in [1.82, 2.24) is 0 Å². The second-order valence-electron chi connectivity index (χ2n) is 2.61. The van der Waals surface area contributed by atoms with Crippen molar-refractivity contribution in [3.63, 3.8) is 0 Å². The minimum Gasteiger partial charge on any atom is -0.478 e. The van der Waals surface area contributed by atoms with E-state index in [0.29, 0.717) is 0 Å². The van der Waals surface area contributed by atoms with Crippen LogP contribution in [-0.4, -0.2) is 12.8 Å². The number of halogens is 2. The van der Waals surface area contributed by atoms with E-state index in [4.69, 9.17) is 11.2 Å². The maximum atomic E-state index is 13.2. The maximum Gasteiger partial charge on any atom is 0.155 e. The van der Waals surface area contributed by atoms with Gasteiger partial charge in [0.15, 0.2) is 11.6 Å². The van der Waals surface area contributed by atoms with Gasteiger partial charge in [-0.1, -0.05) is 5.92 Å². The highest BCUT2D eigenvalue weighted by Crippen LogP contribution is 2.31. The lowest BCUT2D eigenvalue weighted by Crippen LogP contribution is -1.96. The van der Waals surface area contributed by atoms with Gasteiger partial charge in [0.05, 0.1) is 0 Å². The lowest BCUT2D eigenvalue weighted by Gasteiger charge is -2.06. The molecule has 0 heterocycles. The molecule has 0 aliphatic heterocycles. The zero-order chi connectivity index (χ0) is 11.3. The fourth-order valence-corrected chi connectivity index (χ4v) is 1.03. The van der Waals surface area contributed by atoms with Crippen molar-refractivity contribution in [2.45, 2.75) is 6.92 Å². The van der Waals surface area contributed by atoms with E-state index in [1.807, 2.05) is 0 Å². The van der Waals surface area contributed by atoms with Crippen molar-refractivity contribution in [3.05, 3.63) is 23.8 Å². The number of hydrogen-bond donors (Lipinski definition) is 0. The van der Waals surface area contributed by atoms with Crippen LogP contribution in [0.4, 0.5) is 14.5 Å². The third-order valence-electron chi connectivity index (χ3n) is 1.56. The number of rotatable bonds is 3. The highest BCUT2D eigenvalue weighted by atomic mass is 19.1. The molecule has 1 rings (SSSR count). The molecule has 15 heavy (non-hydrogen) atoms. The molecule has 1 aromatic carbocycles. The van der Waals surface area contributed by atoms with E-state index in [9.17, 15) is 8.78 Å². The van der Waals surface area contributed by atoms with Gasteiger partial charge in [0.25, 0.3) is 0 Å². The van der Waals surface area contributed by atoms with Crippen LogP contribution in [0, 0.1) is 24.0 Å². The van der Waals surface area contributed by atoms with Crippen molar-refractivity contribution in [2.24, 2.45) is 4.99 Å². The Balaban J connectivity index is 3.15. The topological polar surface area (TPSA) is 21.6 Å². The van der Waals surface area contributed by atoms with Crippen LogP contribution in [0.15, 0.2) is 17.1 Å². The van der Waals surface area contributed by atoms with Gasteiger partial charge in [0, 0.05) is 18.3 Å². The predicted octanol–water partition coefficient (Wildman–Crippen LogP) is 2.70. The fraction of sp³-hybridized carbons (Fsp3) is 0.182. The Hall–Kier alpha value is -1.89. The zero-order valence-electron chi connectivity index (χ0n) is 8.13. The molecule has 0 amide bonds. The van der Waals surface area contributed by atoms with Crippen LogP contribution in [0.25, 0.3) is 0 Å². The van der Waals surface area contributed by atoms with E-state index in [0.717, 1.165) is 12.1 Å². The first-order valence-corrected chi connectivity index (χ1v) is 4.23. The third-order valence-corrected chi connectivity index (χ3v) is 1.56. The molecule has 0 aliphatic carbocycles. The van der Waals surface area contributed by atoms with Gasteiger partial charge in [-0.05, 0) is 6.92 Å². The summed E-state index contributed by atoms with van der Waals surface area (Å²) in [5, 5.41) is 0. The van der Waals surface area contributed by atoms with Crippen LogP contribution in [0.1, 0.15) is 6.92 Å². The number of hydrogen-bond acceptors (Lipinski definition) is 2. The number of terminal acetylenes is 1. The van der Waals surface area contributed by atoms with Crippen LogP contribution in [0.2, 0.25) is 0 Å². The third kappa shape index (κ3) is 2.78. The Morgan fingerprint density at radius 1 is 1.53 bits per heavy atom. The van der Waals surface area contributed by atoms with E-state index in [1.54, 1.807) is 6.92 Å². The Morgan fingerprint density at radius 3 is 2.87 bits per heavy atom. The lowest BCUT2D eigenvalue weighted by atomic mass is 10.2. The van der Waals surface area contributed by atoms with Gasteiger partial charge in [-0.15, -0.1) is 6.42 Å². The molecule has 0 radical (unpaired) electrons. The summed E-state index contributed by atoms with van der Waals surface area (Å²) in [7, 11) is 0. The van der Waals surface area contributed by atoms with E-state index < -0.39 is 11.6 Å². The molecule has 0 saturated carbocycles. The molecule has 1 aromatic rings. The maximum absolute atomic E-state index is 13.2. The first-order valence-electron chi connectivity index (χ1n) is 4.23. The average molecular weight is 209 g/mol. The number of aliphatic imine (C=N–C) groups is 1. The van der Waals surface area contributed by atoms with E-state index in [2.05, 4.69) is 10.9 Å². The van der Waals surface area contributed by atoms with E-state index in [-0.39, 0.29) is 18.0 Å². The molecule has 78 valence electrons. The van der Waals surface area contributed by atoms with Crippen LogP contribution in [0.5, 0.6) is 5.75 Å². The van der Waals surface area contributed by atoms with Crippen LogP contribution in [-0.2, 0) is 0 Å². The summed E-state index contributed by atoms with van der Waals surface area (Å²) in [6.45, 7) is 1.56. The summed E-state index contributed by atoms with van der Waals surface area (Å²) < 4.78 is 31.1. The second-order valence-corrected chi connectivity index (χ2v) is 2.61. The molecule has 0 N–H and O–H groups in total. The lowest BCUT2D eigenvalue weighted by molar-refractivity contribution is 0.366. The van der Waals surface area contributed by atoms with Crippen molar-refractivity contribution >= 4 is 11.9 Å². The van der Waals surface area contributed by atoms with Gasteiger partial charge in [-0.2, -0.15) is 0 Å². The van der Waals surface area contributed by atoms with Gasteiger partial charge in [-0.3, -0.25) is 4.99 Å². The molecule has 0 unspecified atom stereocenters. The molecule has 4 heteroatoms. The summed E-state index contributed by atoms with van der Waals surface area (Å²) in [5.74, 6) is 0.704. The largest absolute Gasteiger partial charge is 0.478 e. The van der Waals surface area contributed by atoms with Gasteiger partial charge in [0.2, 0.25) is 0 Å². The minimum atomic E-state index is -0.778. The SMILES string of the molecule is C#CCOc1cc(F)cc(F)c1N=CC. The molecule has 0 saturated heterocycles. The quantitative estimate of drug-likeness (QED) is 0.554. The molecule has 0 aliphatic rings. The van der Waals surface area contributed by atoms with Crippen LogP contribution >= 0.6 is 0 Å².